The number of hydrogen-bond donors (Lipinski definition) is 1. The van der Waals surface area contributed by atoms with Crippen LogP contribution in [0.1, 0.15) is 25.3 Å². The van der Waals surface area contributed by atoms with Crippen LogP contribution in [0.2, 0.25) is 0 Å². The fourth-order valence-corrected chi connectivity index (χ4v) is 1.58. The minimum absolute atomic E-state index is 0.540. The number of benzene rings is 1. The Bertz CT molecular complexity index is 331. The average molecular weight is 267 g/mol. The van der Waals surface area contributed by atoms with E-state index in [-0.39, 0.29) is 0 Å². The summed E-state index contributed by atoms with van der Waals surface area (Å²) in [5.41, 5.74) is 6.66. The van der Waals surface area contributed by atoms with Gasteiger partial charge in [0.2, 0.25) is 0 Å². The van der Waals surface area contributed by atoms with Gasteiger partial charge < -0.3 is 19.9 Å². The van der Waals surface area contributed by atoms with Crippen molar-refractivity contribution in [2.75, 3.05) is 33.0 Å². The van der Waals surface area contributed by atoms with Crippen LogP contribution in [0, 0.1) is 0 Å². The molecule has 0 aromatic heterocycles. The van der Waals surface area contributed by atoms with Crippen molar-refractivity contribution in [1.29, 1.82) is 0 Å². The Balaban J connectivity index is 1.98. The van der Waals surface area contributed by atoms with E-state index in [9.17, 15) is 0 Å². The minimum Gasteiger partial charge on any atom is -0.493 e. The van der Waals surface area contributed by atoms with Gasteiger partial charge in [0.25, 0.3) is 0 Å². The molecule has 4 heteroatoms. The van der Waals surface area contributed by atoms with E-state index >= 15 is 0 Å². The third-order valence-corrected chi connectivity index (χ3v) is 2.56. The highest BCUT2D eigenvalue weighted by Crippen LogP contribution is 2.12. The fraction of sp³-hybridized carbons (Fsp3) is 0.600. The molecule has 0 amide bonds. The van der Waals surface area contributed by atoms with Crippen molar-refractivity contribution in [3.05, 3.63) is 29.8 Å². The average Bonchev–Trinajstić information content (AvgIpc) is 2.46. The first-order chi connectivity index (χ1) is 9.36. The summed E-state index contributed by atoms with van der Waals surface area (Å²) in [5.74, 6) is 0.870. The zero-order valence-electron chi connectivity index (χ0n) is 11.8. The summed E-state index contributed by atoms with van der Waals surface area (Å²) in [6, 6.07) is 7.86. The predicted molar refractivity (Wildman–Crippen MR) is 76.4 cm³/mol. The Morgan fingerprint density at radius 1 is 1.00 bits per heavy atom. The third kappa shape index (κ3) is 7.82. The number of hydrogen-bond acceptors (Lipinski definition) is 4. The van der Waals surface area contributed by atoms with Crippen LogP contribution in [0.3, 0.4) is 0 Å². The molecule has 19 heavy (non-hydrogen) atoms. The molecule has 1 rings (SSSR count). The molecule has 0 heterocycles. The Hall–Kier alpha value is -1.10. The lowest BCUT2D eigenvalue weighted by atomic mass is 10.2. The maximum absolute atomic E-state index is 5.63. The molecular formula is C15H25NO3. The number of ether oxygens (including phenoxy) is 3. The quantitative estimate of drug-likeness (QED) is 0.625. The van der Waals surface area contributed by atoms with Gasteiger partial charge in [-0.25, -0.2) is 0 Å². The van der Waals surface area contributed by atoms with Gasteiger partial charge in [-0.1, -0.05) is 19.1 Å². The molecule has 0 bridgehead atoms. The smallest absolute Gasteiger partial charge is 0.119 e. The molecule has 0 unspecified atom stereocenters. The Morgan fingerprint density at radius 2 is 1.79 bits per heavy atom. The zero-order chi connectivity index (χ0) is 13.8. The van der Waals surface area contributed by atoms with Gasteiger partial charge in [-0.15, -0.1) is 0 Å². The van der Waals surface area contributed by atoms with Gasteiger partial charge in [0, 0.05) is 26.2 Å². The molecule has 1 aromatic rings. The van der Waals surface area contributed by atoms with Crippen LogP contribution in [-0.2, 0) is 16.0 Å². The SMILES string of the molecule is CCCOCCOCCCOc1cccc(CN)c1. The van der Waals surface area contributed by atoms with Gasteiger partial charge in [0.1, 0.15) is 5.75 Å². The van der Waals surface area contributed by atoms with Crippen molar-refractivity contribution in [3.63, 3.8) is 0 Å². The van der Waals surface area contributed by atoms with E-state index in [1.54, 1.807) is 0 Å². The molecule has 0 fully saturated rings. The van der Waals surface area contributed by atoms with Crippen LogP contribution in [0.25, 0.3) is 0 Å². The van der Waals surface area contributed by atoms with Crippen LogP contribution in [0.15, 0.2) is 24.3 Å². The largest absolute Gasteiger partial charge is 0.493 e. The highest BCUT2D eigenvalue weighted by Gasteiger charge is 1.96. The monoisotopic (exact) mass is 267 g/mol. The molecule has 0 aliphatic carbocycles. The van der Waals surface area contributed by atoms with E-state index in [0.29, 0.717) is 33.0 Å². The first kappa shape index (κ1) is 16.0. The molecule has 4 nitrogen and oxygen atoms in total. The van der Waals surface area contributed by atoms with Gasteiger partial charge in [-0.3, -0.25) is 0 Å². The van der Waals surface area contributed by atoms with Gasteiger partial charge in [0.05, 0.1) is 19.8 Å². The molecule has 2 N–H and O–H groups in total. The van der Waals surface area contributed by atoms with E-state index in [1.807, 2.05) is 24.3 Å². The standard InChI is InChI=1S/C15H25NO3/c1-2-7-17-10-11-18-8-4-9-19-15-6-3-5-14(12-15)13-16/h3,5-6,12H,2,4,7-11,13,16H2,1H3. The number of nitrogens with two attached hydrogens (primary N) is 1. The molecule has 0 atom stereocenters. The normalized spacial score (nSPS) is 10.6. The predicted octanol–water partition coefficient (Wildman–Crippen LogP) is 2.36. The van der Waals surface area contributed by atoms with E-state index < -0.39 is 0 Å². The number of rotatable bonds is 11. The van der Waals surface area contributed by atoms with E-state index in [2.05, 4.69) is 6.92 Å². The molecule has 0 aliphatic heterocycles. The topological polar surface area (TPSA) is 53.7 Å². The summed E-state index contributed by atoms with van der Waals surface area (Å²) >= 11 is 0. The second kappa shape index (κ2) is 10.8. The maximum atomic E-state index is 5.63. The van der Waals surface area contributed by atoms with E-state index in [4.69, 9.17) is 19.9 Å². The summed E-state index contributed by atoms with van der Waals surface area (Å²) in [7, 11) is 0. The van der Waals surface area contributed by atoms with Crippen LogP contribution >= 0.6 is 0 Å². The first-order valence-corrected chi connectivity index (χ1v) is 6.94. The van der Waals surface area contributed by atoms with Gasteiger partial charge in [-0.05, 0) is 24.1 Å². The van der Waals surface area contributed by atoms with Crippen molar-refractivity contribution >= 4 is 0 Å². The van der Waals surface area contributed by atoms with Gasteiger partial charge in [-0.2, -0.15) is 0 Å². The molecule has 0 spiro atoms. The van der Waals surface area contributed by atoms with Crippen molar-refractivity contribution in [2.45, 2.75) is 26.3 Å². The maximum Gasteiger partial charge on any atom is 0.119 e. The molecule has 0 aliphatic rings. The van der Waals surface area contributed by atoms with Crippen LogP contribution in [0.4, 0.5) is 0 Å². The molecule has 0 saturated heterocycles. The van der Waals surface area contributed by atoms with Crippen molar-refractivity contribution in [3.8, 4) is 5.75 Å². The van der Waals surface area contributed by atoms with Crippen LogP contribution in [-0.4, -0.2) is 33.0 Å². The molecule has 1 aromatic carbocycles. The van der Waals surface area contributed by atoms with Gasteiger partial charge in [0.15, 0.2) is 0 Å². The Labute approximate surface area is 115 Å². The van der Waals surface area contributed by atoms with E-state index in [0.717, 1.165) is 30.8 Å². The summed E-state index contributed by atoms with van der Waals surface area (Å²) in [5, 5.41) is 0. The zero-order valence-corrected chi connectivity index (χ0v) is 11.8. The Morgan fingerprint density at radius 3 is 2.53 bits per heavy atom. The highest BCUT2D eigenvalue weighted by molar-refractivity contribution is 5.28. The summed E-state index contributed by atoms with van der Waals surface area (Å²) in [6.45, 7) is 6.13. The van der Waals surface area contributed by atoms with Crippen molar-refractivity contribution in [1.82, 2.24) is 0 Å². The second-order valence-corrected chi connectivity index (χ2v) is 4.28. The molecular weight excluding hydrogens is 242 g/mol. The summed E-state index contributed by atoms with van der Waals surface area (Å²) in [6.07, 6.45) is 1.93. The highest BCUT2D eigenvalue weighted by atomic mass is 16.5. The second-order valence-electron chi connectivity index (χ2n) is 4.28. The molecule has 0 saturated carbocycles. The lowest BCUT2D eigenvalue weighted by Crippen LogP contribution is -2.08. The minimum atomic E-state index is 0.540. The fourth-order valence-electron chi connectivity index (χ4n) is 1.58. The summed E-state index contributed by atoms with van der Waals surface area (Å²) < 4.78 is 16.4. The van der Waals surface area contributed by atoms with Gasteiger partial charge >= 0.3 is 0 Å². The van der Waals surface area contributed by atoms with Crippen LogP contribution < -0.4 is 10.5 Å². The van der Waals surface area contributed by atoms with Crippen molar-refractivity contribution in [2.24, 2.45) is 5.73 Å². The molecule has 108 valence electrons. The van der Waals surface area contributed by atoms with E-state index in [1.165, 1.54) is 0 Å². The summed E-state index contributed by atoms with van der Waals surface area (Å²) in [4.78, 5) is 0. The lowest BCUT2D eigenvalue weighted by molar-refractivity contribution is 0.0438. The van der Waals surface area contributed by atoms with Crippen molar-refractivity contribution < 1.29 is 14.2 Å². The molecule has 0 radical (unpaired) electrons. The third-order valence-electron chi connectivity index (χ3n) is 2.56. The van der Waals surface area contributed by atoms with Crippen LogP contribution in [0.5, 0.6) is 5.75 Å². The first-order valence-electron chi connectivity index (χ1n) is 6.94. The Kier molecular flexibility index (Phi) is 9.06. The lowest BCUT2D eigenvalue weighted by Gasteiger charge is -2.08.